The fourth-order valence-corrected chi connectivity index (χ4v) is 7.59. The van der Waals surface area contributed by atoms with E-state index in [1.165, 1.54) is 11.3 Å². The molecule has 7 nitrogen and oxygen atoms in total. The number of hydrogen-bond donors (Lipinski definition) is 2. The van der Waals surface area contributed by atoms with Gasteiger partial charge in [0.1, 0.15) is 10.8 Å². The summed E-state index contributed by atoms with van der Waals surface area (Å²) in [5.41, 5.74) is 3.68. The third-order valence-corrected chi connectivity index (χ3v) is 9.64. The molecular weight excluding hydrogens is 472 g/mol. The first-order valence-electron chi connectivity index (χ1n) is 11.7. The lowest BCUT2D eigenvalue weighted by atomic mass is 9.88. The second kappa shape index (κ2) is 9.70. The summed E-state index contributed by atoms with van der Waals surface area (Å²) >= 11 is 1.44. The normalized spacial score (nSPS) is 22.0. The molecule has 1 aromatic heterocycles. The fraction of sp³-hybridized carbons (Fsp3) is 0.520. The van der Waals surface area contributed by atoms with Gasteiger partial charge in [0.15, 0.2) is 15.9 Å². The molecule has 1 aliphatic carbocycles. The molecule has 184 valence electrons. The second-order valence-corrected chi connectivity index (χ2v) is 13.0. The lowest BCUT2D eigenvalue weighted by Crippen LogP contribution is -2.37. The molecule has 0 radical (unpaired) electrons. The van der Waals surface area contributed by atoms with Crippen molar-refractivity contribution in [2.75, 3.05) is 16.8 Å². The van der Waals surface area contributed by atoms with Gasteiger partial charge in [-0.1, -0.05) is 13.0 Å². The van der Waals surface area contributed by atoms with Gasteiger partial charge in [-0.3, -0.25) is 9.59 Å². The van der Waals surface area contributed by atoms with E-state index < -0.39 is 22.0 Å². The molecule has 2 aliphatic rings. The molecule has 2 amide bonds. The number of nitrogens with one attached hydrogen (secondary N) is 2. The quantitative estimate of drug-likeness (QED) is 0.623. The number of sulfone groups is 1. The van der Waals surface area contributed by atoms with Crippen molar-refractivity contribution in [2.24, 2.45) is 5.92 Å². The van der Waals surface area contributed by atoms with Crippen LogP contribution in [0.15, 0.2) is 18.2 Å². The lowest BCUT2D eigenvalue weighted by molar-refractivity contribution is -0.122. The molecule has 2 N–H and O–H groups in total. The molecule has 1 saturated heterocycles. The van der Waals surface area contributed by atoms with Crippen LogP contribution < -0.4 is 15.4 Å². The Hall–Kier alpha value is -2.39. The smallest absolute Gasteiger partial charge is 0.265 e. The van der Waals surface area contributed by atoms with Gasteiger partial charge in [-0.05, 0) is 81.2 Å². The van der Waals surface area contributed by atoms with Gasteiger partial charge in [-0.15, -0.1) is 11.3 Å². The van der Waals surface area contributed by atoms with E-state index in [9.17, 15) is 18.0 Å². The summed E-state index contributed by atoms with van der Waals surface area (Å²) in [5, 5.41) is 6.34. The first-order valence-corrected chi connectivity index (χ1v) is 14.4. The number of thiophene rings is 1. The maximum Gasteiger partial charge on any atom is 0.265 e. The molecule has 34 heavy (non-hydrogen) atoms. The molecule has 9 heteroatoms. The largest absolute Gasteiger partial charge is 0.481 e. The third kappa shape index (κ3) is 5.46. The molecule has 1 aliphatic heterocycles. The summed E-state index contributed by atoms with van der Waals surface area (Å²) in [4.78, 5) is 27.4. The highest BCUT2D eigenvalue weighted by molar-refractivity contribution is 7.91. The minimum Gasteiger partial charge on any atom is -0.481 e. The number of carbonyl (C=O) groups excluding carboxylic acids is 2. The van der Waals surface area contributed by atoms with Crippen LogP contribution in [0, 0.1) is 19.8 Å². The van der Waals surface area contributed by atoms with Crippen LogP contribution in [0.25, 0.3) is 0 Å². The zero-order valence-electron chi connectivity index (χ0n) is 20.1. The van der Waals surface area contributed by atoms with E-state index in [4.69, 9.17) is 4.74 Å². The van der Waals surface area contributed by atoms with E-state index in [0.29, 0.717) is 28.7 Å². The first kappa shape index (κ1) is 24.7. The monoisotopic (exact) mass is 504 g/mol. The lowest BCUT2D eigenvalue weighted by Gasteiger charge is -2.19. The summed E-state index contributed by atoms with van der Waals surface area (Å²) in [6.07, 6.45) is 2.27. The maximum atomic E-state index is 13.3. The highest BCUT2D eigenvalue weighted by Crippen LogP contribution is 2.40. The van der Waals surface area contributed by atoms with Crippen molar-refractivity contribution in [1.82, 2.24) is 5.32 Å². The van der Waals surface area contributed by atoms with Gasteiger partial charge < -0.3 is 15.4 Å². The molecule has 3 unspecified atom stereocenters. The fourth-order valence-electron chi connectivity index (χ4n) is 4.50. The Morgan fingerprint density at radius 3 is 2.62 bits per heavy atom. The molecule has 3 atom stereocenters. The number of hydrogen-bond acceptors (Lipinski definition) is 6. The van der Waals surface area contributed by atoms with Crippen LogP contribution in [0.4, 0.5) is 5.00 Å². The van der Waals surface area contributed by atoms with Gasteiger partial charge in [0.25, 0.3) is 11.8 Å². The number of rotatable bonds is 6. The number of anilines is 1. The summed E-state index contributed by atoms with van der Waals surface area (Å²) in [6, 6.07) is 5.30. The summed E-state index contributed by atoms with van der Waals surface area (Å²) in [7, 11) is -3.11. The Bertz CT molecular complexity index is 1220. The molecule has 1 aromatic carbocycles. The highest BCUT2D eigenvalue weighted by Gasteiger charge is 2.33. The van der Waals surface area contributed by atoms with E-state index in [1.54, 1.807) is 6.92 Å². The van der Waals surface area contributed by atoms with Crippen molar-refractivity contribution in [3.05, 3.63) is 45.3 Å². The van der Waals surface area contributed by atoms with Crippen LogP contribution in [0.1, 0.15) is 58.6 Å². The van der Waals surface area contributed by atoms with Crippen LogP contribution in [-0.4, -0.2) is 43.9 Å². The Labute approximate surface area is 205 Å². The van der Waals surface area contributed by atoms with Gasteiger partial charge in [0.05, 0.1) is 17.1 Å². The standard InChI is InChI=1S/C25H32N2O5S2/c1-14-5-8-20-21(11-14)33-25(22(20)24(29)26-18-9-10-34(30,31)13-18)27-23(28)17(4)32-19-7-6-15(2)16(3)12-19/h6-7,12,14,17-18H,5,8-11,13H2,1-4H3,(H,26,29)(H,27,28). The summed E-state index contributed by atoms with van der Waals surface area (Å²) in [5.74, 6) is 0.538. The maximum absolute atomic E-state index is 13.3. The Balaban J connectivity index is 1.53. The third-order valence-electron chi connectivity index (χ3n) is 6.70. The number of benzene rings is 1. The van der Waals surface area contributed by atoms with Crippen LogP contribution in [0.2, 0.25) is 0 Å². The molecule has 0 spiro atoms. The van der Waals surface area contributed by atoms with Gasteiger partial charge >= 0.3 is 0 Å². The van der Waals surface area contributed by atoms with Crippen LogP contribution in [0.3, 0.4) is 0 Å². The second-order valence-electron chi connectivity index (χ2n) is 9.62. The van der Waals surface area contributed by atoms with Crippen LogP contribution in [0.5, 0.6) is 5.75 Å². The van der Waals surface area contributed by atoms with E-state index >= 15 is 0 Å². The van der Waals surface area contributed by atoms with Crippen molar-refractivity contribution >= 4 is 38.0 Å². The molecule has 0 saturated carbocycles. The number of amides is 2. The van der Waals surface area contributed by atoms with Crippen molar-refractivity contribution in [3.63, 3.8) is 0 Å². The number of ether oxygens (including phenoxy) is 1. The van der Waals surface area contributed by atoms with Crippen molar-refractivity contribution < 1.29 is 22.7 Å². The predicted molar refractivity (Wildman–Crippen MR) is 135 cm³/mol. The van der Waals surface area contributed by atoms with Crippen molar-refractivity contribution in [3.8, 4) is 5.75 Å². The highest BCUT2D eigenvalue weighted by atomic mass is 32.2. The average molecular weight is 505 g/mol. The van der Waals surface area contributed by atoms with Crippen LogP contribution >= 0.6 is 11.3 Å². The zero-order chi connectivity index (χ0) is 24.6. The number of fused-ring (bicyclic) bond motifs is 1. The number of aryl methyl sites for hydroxylation is 2. The van der Waals surface area contributed by atoms with E-state index in [1.807, 2.05) is 32.0 Å². The van der Waals surface area contributed by atoms with Gasteiger partial charge in [0, 0.05) is 10.9 Å². The Morgan fingerprint density at radius 1 is 1.18 bits per heavy atom. The molecule has 0 bridgehead atoms. The number of carbonyl (C=O) groups is 2. The van der Waals surface area contributed by atoms with Gasteiger partial charge in [-0.25, -0.2) is 8.42 Å². The summed E-state index contributed by atoms with van der Waals surface area (Å²) in [6.45, 7) is 7.87. The van der Waals surface area contributed by atoms with Crippen molar-refractivity contribution in [1.29, 1.82) is 0 Å². The topological polar surface area (TPSA) is 102 Å². The summed E-state index contributed by atoms with van der Waals surface area (Å²) < 4.78 is 29.5. The molecule has 2 aromatic rings. The van der Waals surface area contributed by atoms with Crippen LogP contribution in [-0.2, 0) is 27.5 Å². The van der Waals surface area contributed by atoms with Gasteiger partial charge in [0.2, 0.25) is 0 Å². The van der Waals surface area contributed by atoms with E-state index in [-0.39, 0.29) is 23.3 Å². The van der Waals surface area contributed by atoms with Crippen molar-refractivity contribution in [2.45, 2.75) is 65.5 Å². The predicted octanol–water partition coefficient (Wildman–Crippen LogP) is 3.81. The average Bonchev–Trinajstić information content (AvgIpc) is 3.28. The Morgan fingerprint density at radius 2 is 1.94 bits per heavy atom. The Kier molecular flexibility index (Phi) is 7.05. The first-order chi connectivity index (χ1) is 16.0. The van der Waals surface area contributed by atoms with E-state index in [2.05, 4.69) is 17.6 Å². The molecule has 4 rings (SSSR count). The van der Waals surface area contributed by atoms with Gasteiger partial charge in [-0.2, -0.15) is 0 Å². The molecular formula is C25H32N2O5S2. The molecule has 2 heterocycles. The minimum absolute atomic E-state index is 0.0371. The molecule has 1 fully saturated rings. The zero-order valence-corrected chi connectivity index (χ0v) is 21.7. The SMILES string of the molecule is Cc1ccc(OC(C)C(=O)Nc2sc3c(c2C(=O)NC2CCS(=O)(=O)C2)CCC(C)C3)cc1C. The van der Waals surface area contributed by atoms with E-state index in [0.717, 1.165) is 40.8 Å². The minimum atomic E-state index is -3.11.